The highest BCUT2D eigenvalue weighted by Gasteiger charge is 2.27. The molecule has 1 fully saturated rings. The number of hydrogen-bond donors (Lipinski definition) is 3. The highest BCUT2D eigenvalue weighted by molar-refractivity contribution is 5.59. The standard InChI is InChI=1S/C19H18F2N6O/c20-15-3-10-1-13(2-11(10)4-16(15)21)25-18-22-5-12(6-23-18)17-7-24-19(26-17)27-8-14(28)9-27/h3-7,13-14,28H,1-2,8-9H2,(H,24,26)(H,22,23,25). The van der Waals surface area contributed by atoms with Crippen LogP contribution in [0.3, 0.4) is 0 Å². The Labute approximate surface area is 159 Å². The number of aliphatic hydroxyl groups excluding tert-OH is 1. The number of aromatic amines is 1. The quantitative estimate of drug-likeness (QED) is 0.637. The molecular weight excluding hydrogens is 366 g/mol. The van der Waals surface area contributed by atoms with E-state index in [2.05, 4.69) is 25.3 Å². The van der Waals surface area contributed by atoms with Crippen LogP contribution in [0.15, 0.2) is 30.7 Å². The summed E-state index contributed by atoms with van der Waals surface area (Å²) in [5, 5.41) is 12.6. The number of nitrogens with zero attached hydrogens (tertiary/aromatic N) is 4. The number of aliphatic hydroxyl groups is 1. The van der Waals surface area contributed by atoms with Crippen LogP contribution >= 0.6 is 0 Å². The van der Waals surface area contributed by atoms with Gasteiger partial charge in [-0.25, -0.2) is 23.7 Å². The minimum Gasteiger partial charge on any atom is -0.389 e. The van der Waals surface area contributed by atoms with E-state index < -0.39 is 11.6 Å². The molecule has 0 bridgehead atoms. The second kappa shape index (κ2) is 6.52. The maximum atomic E-state index is 13.4. The number of halogens is 2. The van der Waals surface area contributed by atoms with Crippen molar-refractivity contribution in [2.24, 2.45) is 0 Å². The second-order valence-electron chi connectivity index (χ2n) is 7.26. The summed E-state index contributed by atoms with van der Waals surface area (Å²) in [4.78, 5) is 18.2. The van der Waals surface area contributed by atoms with Gasteiger partial charge in [0, 0.05) is 37.1 Å². The van der Waals surface area contributed by atoms with Crippen molar-refractivity contribution < 1.29 is 13.9 Å². The third-order valence-corrected chi connectivity index (χ3v) is 5.20. The van der Waals surface area contributed by atoms with E-state index in [0.29, 0.717) is 37.8 Å². The molecule has 2 aliphatic rings. The number of fused-ring (bicyclic) bond motifs is 1. The van der Waals surface area contributed by atoms with Crippen molar-refractivity contribution >= 4 is 11.9 Å². The molecule has 1 aromatic carbocycles. The maximum absolute atomic E-state index is 13.4. The molecule has 144 valence electrons. The molecule has 3 N–H and O–H groups in total. The van der Waals surface area contributed by atoms with Gasteiger partial charge in [0.25, 0.3) is 0 Å². The normalized spacial score (nSPS) is 16.9. The lowest BCUT2D eigenvalue weighted by Gasteiger charge is -2.35. The minimum atomic E-state index is -0.813. The number of β-amino-alcohol motifs (C(OH)–C–C–N with tert-alkyl or cyclic N) is 1. The Kier molecular flexibility index (Phi) is 3.97. The SMILES string of the molecule is OC1CN(c2ncc(-c3cnc(NC4Cc5cc(F)c(F)cc5C4)nc3)[nH]2)C1. The Morgan fingerprint density at radius 1 is 1.00 bits per heavy atom. The number of nitrogens with one attached hydrogen (secondary N) is 2. The molecule has 7 nitrogen and oxygen atoms in total. The van der Waals surface area contributed by atoms with Crippen molar-refractivity contribution in [3.8, 4) is 11.3 Å². The molecule has 0 unspecified atom stereocenters. The molecule has 0 spiro atoms. The van der Waals surface area contributed by atoms with Gasteiger partial charge in [0.1, 0.15) is 0 Å². The fourth-order valence-electron chi connectivity index (χ4n) is 3.68. The van der Waals surface area contributed by atoms with Crippen molar-refractivity contribution in [1.29, 1.82) is 0 Å². The Bertz CT molecular complexity index is 985. The molecule has 0 saturated carbocycles. The third-order valence-electron chi connectivity index (χ3n) is 5.20. The summed E-state index contributed by atoms with van der Waals surface area (Å²) in [5.41, 5.74) is 3.22. The molecule has 0 atom stereocenters. The minimum absolute atomic E-state index is 0.00125. The van der Waals surface area contributed by atoms with E-state index in [-0.39, 0.29) is 12.1 Å². The lowest BCUT2D eigenvalue weighted by molar-refractivity contribution is 0.140. The molecule has 0 amide bonds. The van der Waals surface area contributed by atoms with Crippen LogP contribution in [-0.2, 0) is 12.8 Å². The smallest absolute Gasteiger partial charge is 0.222 e. The van der Waals surface area contributed by atoms with Crippen molar-refractivity contribution in [2.75, 3.05) is 23.3 Å². The Morgan fingerprint density at radius 3 is 2.25 bits per heavy atom. The van der Waals surface area contributed by atoms with Gasteiger partial charge < -0.3 is 20.3 Å². The van der Waals surface area contributed by atoms with Crippen LogP contribution in [0.5, 0.6) is 0 Å². The van der Waals surface area contributed by atoms with Crippen molar-refractivity contribution in [3.05, 3.63) is 53.5 Å². The molecule has 3 aromatic rings. The van der Waals surface area contributed by atoms with Gasteiger partial charge in [-0.15, -0.1) is 0 Å². The van der Waals surface area contributed by atoms with Crippen molar-refractivity contribution in [1.82, 2.24) is 19.9 Å². The van der Waals surface area contributed by atoms with Gasteiger partial charge in [0.2, 0.25) is 11.9 Å². The summed E-state index contributed by atoms with van der Waals surface area (Å²) in [5.74, 6) is -0.447. The summed E-state index contributed by atoms with van der Waals surface area (Å²) in [6.45, 7) is 1.15. The Hall–Kier alpha value is -3.07. The number of rotatable bonds is 4. The number of aromatic nitrogens is 4. The summed E-state index contributed by atoms with van der Waals surface area (Å²) >= 11 is 0. The molecule has 1 aliphatic carbocycles. The van der Waals surface area contributed by atoms with Crippen molar-refractivity contribution in [3.63, 3.8) is 0 Å². The van der Waals surface area contributed by atoms with E-state index in [0.717, 1.165) is 22.4 Å². The zero-order valence-corrected chi connectivity index (χ0v) is 14.9. The molecule has 1 saturated heterocycles. The first-order chi connectivity index (χ1) is 13.5. The van der Waals surface area contributed by atoms with Crippen LogP contribution in [0.25, 0.3) is 11.3 Å². The summed E-state index contributed by atoms with van der Waals surface area (Å²) in [6, 6.07) is 2.53. The molecule has 9 heteroatoms. The van der Waals surface area contributed by atoms with E-state index in [1.54, 1.807) is 18.6 Å². The van der Waals surface area contributed by atoms with E-state index >= 15 is 0 Å². The first kappa shape index (κ1) is 17.1. The van der Waals surface area contributed by atoms with E-state index in [4.69, 9.17) is 0 Å². The van der Waals surface area contributed by atoms with E-state index in [1.165, 1.54) is 12.1 Å². The van der Waals surface area contributed by atoms with E-state index in [1.807, 2.05) is 4.90 Å². The van der Waals surface area contributed by atoms with Gasteiger partial charge in [0.15, 0.2) is 11.6 Å². The molecule has 28 heavy (non-hydrogen) atoms. The van der Waals surface area contributed by atoms with Gasteiger partial charge in [0.05, 0.1) is 18.0 Å². The lowest BCUT2D eigenvalue weighted by Crippen LogP contribution is -2.51. The monoisotopic (exact) mass is 384 g/mol. The molecule has 3 heterocycles. The van der Waals surface area contributed by atoms with Crippen LogP contribution < -0.4 is 10.2 Å². The van der Waals surface area contributed by atoms with Crippen LogP contribution in [0, 0.1) is 11.6 Å². The predicted molar refractivity (Wildman–Crippen MR) is 99.0 cm³/mol. The van der Waals surface area contributed by atoms with Gasteiger partial charge in [-0.3, -0.25) is 0 Å². The maximum Gasteiger partial charge on any atom is 0.222 e. The molecule has 5 rings (SSSR count). The van der Waals surface area contributed by atoms with Crippen LogP contribution in [0.4, 0.5) is 20.7 Å². The summed E-state index contributed by atoms with van der Waals surface area (Å²) in [6.07, 6.45) is 6.00. The van der Waals surface area contributed by atoms with Crippen molar-refractivity contribution in [2.45, 2.75) is 25.0 Å². The van der Waals surface area contributed by atoms with E-state index in [9.17, 15) is 13.9 Å². The molecular formula is C19H18F2N6O. The van der Waals surface area contributed by atoms with Gasteiger partial charge in [-0.2, -0.15) is 0 Å². The second-order valence-corrected chi connectivity index (χ2v) is 7.26. The molecule has 0 radical (unpaired) electrons. The number of anilines is 2. The number of benzene rings is 1. The average Bonchev–Trinajstić information content (AvgIpc) is 3.27. The number of hydrogen-bond acceptors (Lipinski definition) is 6. The van der Waals surface area contributed by atoms with Gasteiger partial charge in [-0.05, 0) is 36.1 Å². The average molecular weight is 384 g/mol. The van der Waals surface area contributed by atoms with Crippen LogP contribution in [0.2, 0.25) is 0 Å². The number of H-pyrrole nitrogens is 1. The van der Waals surface area contributed by atoms with Gasteiger partial charge >= 0.3 is 0 Å². The number of imidazole rings is 1. The molecule has 2 aromatic heterocycles. The lowest BCUT2D eigenvalue weighted by atomic mass is 10.1. The summed E-state index contributed by atoms with van der Waals surface area (Å²) in [7, 11) is 0. The highest BCUT2D eigenvalue weighted by Crippen LogP contribution is 2.27. The fourth-order valence-corrected chi connectivity index (χ4v) is 3.68. The third kappa shape index (κ3) is 3.07. The molecule has 1 aliphatic heterocycles. The zero-order chi connectivity index (χ0) is 19.3. The topological polar surface area (TPSA) is 90.0 Å². The predicted octanol–water partition coefficient (Wildman–Crippen LogP) is 1.91. The largest absolute Gasteiger partial charge is 0.389 e. The highest BCUT2D eigenvalue weighted by atomic mass is 19.2. The fraction of sp³-hybridized carbons (Fsp3) is 0.316. The Morgan fingerprint density at radius 2 is 1.64 bits per heavy atom. The Balaban J connectivity index is 1.25. The van der Waals surface area contributed by atoms with Crippen LogP contribution in [0.1, 0.15) is 11.1 Å². The zero-order valence-electron chi connectivity index (χ0n) is 14.9. The first-order valence-electron chi connectivity index (χ1n) is 9.09. The van der Waals surface area contributed by atoms with Crippen LogP contribution in [-0.4, -0.2) is 50.3 Å². The van der Waals surface area contributed by atoms with Gasteiger partial charge in [-0.1, -0.05) is 0 Å². The summed E-state index contributed by atoms with van der Waals surface area (Å²) < 4.78 is 26.8. The first-order valence-corrected chi connectivity index (χ1v) is 9.09.